The molecule has 0 saturated heterocycles. The van der Waals surface area contributed by atoms with Crippen molar-refractivity contribution in [3.63, 3.8) is 0 Å². The average molecular weight is 460 g/mol. The van der Waals surface area contributed by atoms with Crippen molar-refractivity contribution in [2.75, 3.05) is 20.0 Å². The van der Waals surface area contributed by atoms with Crippen molar-refractivity contribution >= 4 is 23.6 Å². The minimum atomic E-state index is -0.793. The molecular formula is C24H20N4O6. The van der Waals surface area contributed by atoms with Crippen LogP contribution in [0.4, 0.5) is 6.01 Å². The van der Waals surface area contributed by atoms with E-state index in [1.807, 2.05) is 0 Å². The lowest BCUT2D eigenvalue weighted by molar-refractivity contribution is -0.113. The number of carbonyl (C=O) groups excluding carboxylic acids is 1. The van der Waals surface area contributed by atoms with Crippen molar-refractivity contribution < 1.29 is 23.1 Å². The largest absolute Gasteiger partial charge is 0.497 e. The fourth-order valence-corrected chi connectivity index (χ4v) is 4.12. The molecule has 1 unspecified atom stereocenters. The molecule has 2 aromatic heterocycles. The van der Waals surface area contributed by atoms with Crippen LogP contribution in [-0.2, 0) is 4.79 Å². The molecular weight excluding hydrogens is 440 g/mol. The number of oxazole rings is 2. The van der Waals surface area contributed by atoms with Gasteiger partial charge in [-0.1, -0.05) is 24.3 Å². The molecule has 0 fully saturated rings. The second-order valence-corrected chi connectivity index (χ2v) is 7.57. The number of amides is 1. The Kier molecular flexibility index (Phi) is 4.97. The van der Waals surface area contributed by atoms with Crippen molar-refractivity contribution in [1.29, 1.82) is 0 Å². The maximum atomic E-state index is 13.0. The van der Waals surface area contributed by atoms with Crippen LogP contribution in [0, 0.1) is 0 Å². The summed E-state index contributed by atoms with van der Waals surface area (Å²) in [5.74, 6) is -0.246. The molecule has 3 heterocycles. The molecule has 1 aliphatic heterocycles. The number of hydrogen-bond donors (Lipinski definition) is 2. The number of anilines is 1. The Hall–Kier alpha value is -4.73. The molecule has 0 saturated carbocycles. The summed E-state index contributed by atoms with van der Waals surface area (Å²) >= 11 is 0. The van der Waals surface area contributed by atoms with E-state index < -0.39 is 17.5 Å². The Morgan fingerprint density at radius 1 is 1.09 bits per heavy atom. The molecule has 10 nitrogen and oxygen atoms in total. The van der Waals surface area contributed by atoms with Crippen LogP contribution < -0.4 is 37.5 Å². The van der Waals surface area contributed by atoms with Crippen LogP contribution in [0.25, 0.3) is 17.5 Å². The molecule has 34 heavy (non-hydrogen) atoms. The maximum absolute atomic E-state index is 13.0. The van der Waals surface area contributed by atoms with Crippen LogP contribution in [0.5, 0.6) is 11.5 Å². The highest BCUT2D eigenvalue weighted by atomic mass is 16.5. The Bertz CT molecular complexity index is 1610. The average Bonchev–Trinajstić information content (AvgIpc) is 3.37. The van der Waals surface area contributed by atoms with Gasteiger partial charge in [0.1, 0.15) is 22.5 Å². The molecule has 2 aromatic carbocycles. The van der Waals surface area contributed by atoms with Gasteiger partial charge in [-0.15, -0.1) is 0 Å². The van der Waals surface area contributed by atoms with Crippen molar-refractivity contribution in [2.45, 2.75) is 5.92 Å². The summed E-state index contributed by atoms with van der Waals surface area (Å²) in [6.07, 6.45) is 1.59. The highest BCUT2D eigenvalue weighted by molar-refractivity contribution is 6.15. The molecule has 4 aromatic rings. The third kappa shape index (κ3) is 3.32. The number of carbonyl (C=O) groups is 1. The van der Waals surface area contributed by atoms with Gasteiger partial charge < -0.3 is 29.8 Å². The van der Waals surface area contributed by atoms with Crippen LogP contribution in [0.15, 0.2) is 62.2 Å². The molecule has 1 atom stereocenters. The van der Waals surface area contributed by atoms with Gasteiger partial charge >= 0.3 is 5.63 Å². The molecule has 0 spiro atoms. The first-order valence-corrected chi connectivity index (χ1v) is 10.2. The van der Waals surface area contributed by atoms with Gasteiger partial charge in [0, 0.05) is 0 Å². The van der Waals surface area contributed by atoms with Gasteiger partial charge in [0.15, 0.2) is 0 Å². The van der Waals surface area contributed by atoms with Gasteiger partial charge in [-0.3, -0.25) is 4.79 Å². The Labute approximate surface area is 192 Å². The predicted molar refractivity (Wildman–Crippen MR) is 122 cm³/mol. The predicted octanol–water partition coefficient (Wildman–Crippen LogP) is 0.628. The quantitative estimate of drug-likeness (QED) is 0.440. The molecule has 1 aliphatic rings. The van der Waals surface area contributed by atoms with E-state index in [9.17, 15) is 9.59 Å². The summed E-state index contributed by atoms with van der Waals surface area (Å²) in [5, 5.41) is 0.100. The molecule has 1 amide bonds. The summed E-state index contributed by atoms with van der Waals surface area (Å²) in [7, 11) is 3.08. The number of benzene rings is 2. The van der Waals surface area contributed by atoms with E-state index in [1.54, 1.807) is 61.7 Å². The fourth-order valence-electron chi connectivity index (χ4n) is 4.12. The van der Waals surface area contributed by atoms with Crippen molar-refractivity contribution in [3.05, 3.63) is 86.7 Å². The summed E-state index contributed by atoms with van der Waals surface area (Å²) < 4.78 is 23.2. The van der Waals surface area contributed by atoms with E-state index >= 15 is 0 Å². The molecule has 0 bridgehead atoms. The minimum absolute atomic E-state index is 0.0384. The number of methoxy groups -OCH3 is 2. The van der Waals surface area contributed by atoms with Crippen LogP contribution >= 0.6 is 0 Å². The summed E-state index contributed by atoms with van der Waals surface area (Å²) in [5.41, 5.74) is 12.6. The minimum Gasteiger partial charge on any atom is -0.497 e. The van der Waals surface area contributed by atoms with E-state index in [0.717, 1.165) is 0 Å². The third-order valence-electron chi connectivity index (χ3n) is 5.58. The number of nitrogens with zero attached hydrogens (tertiary/aromatic N) is 2. The maximum Gasteiger partial charge on any atom is 0.362 e. The number of ether oxygens (including phenoxy) is 2. The Morgan fingerprint density at radius 2 is 1.79 bits per heavy atom. The zero-order valence-corrected chi connectivity index (χ0v) is 18.3. The molecule has 0 radical (unpaired) electrons. The first kappa shape index (κ1) is 21.1. The smallest absolute Gasteiger partial charge is 0.362 e. The second kappa shape index (κ2) is 8.00. The van der Waals surface area contributed by atoms with Crippen LogP contribution in [0.3, 0.4) is 0 Å². The Morgan fingerprint density at radius 3 is 2.50 bits per heavy atom. The number of hydrogen-bond acceptors (Lipinski definition) is 8. The molecule has 10 heteroatoms. The second-order valence-electron chi connectivity index (χ2n) is 7.57. The highest BCUT2D eigenvalue weighted by Gasteiger charge is 2.38. The number of rotatable bonds is 5. The highest BCUT2D eigenvalue weighted by Crippen LogP contribution is 2.38. The van der Waals surface area contributed by atoms with E-state index in [1.165, 1.54) is 11.7 Å². The van der Waals surface area contributed by atoms with E-state index in [-0.39, 0.29) is 28.4 Å². The lowest BCUT2D eigenvalue weighted by Crippen LogP contribution is -2.38. The van der Waals surface area contributed by atoms with Gasteiger partial charge in [0.2, 0.25) is 11.4 Å². The van der Waals surface area contributed by atoms with Gasteiger partial charge in [-0.2, -0.15) is 4.98 Å². The number of nitrogens with two attached hydrogens (primary N) is 2. The van der Waals surface area contributed by atoms with Crippen LogP contribution in [-0.4, -0.2) is 29.7 Å². The topological polar surface area (TPSA) is 149 Å². The van der Waals surface area contributed by atoms with Crippen molar-refractivity contribution in [3.8, 4) is 17.4 Å². The van der Waals surface area contributed by atoms with Gasteiger partial charge in [0.05, 0.1) is 25.7 Å². The summed E-state index contributed by atoms with van der Waals surface area (Å²) in [6.45, 7) is 0. The fraction of sp³-hybridized carbons (Fsp3) is 0.125. The number of primary amides is 1. The lowest BCUT2D eigenvalue weighted by Gasteiger charge is -2.21. The number of aromatic nitrogens is 2. The first-order chi connectivity index (χ1) is 16.4. The molecule has 0 aliphatic carbocycles. The summed E-state index contributed by atoms with van der Waals surface area (Å²) in [6, 6.07) is 14.0. The van der Waals surface area contributed by atoms with E-state index in [4.69, 9.17) is 29.8 Å². The van der Waals surface area contributed by atoms with Crippen LogP contribution in [0.1, 0.15) is 22.7 Å². The lowest BCUT2D eigenvalue weighted by atomic mass is 9.86. The first-order valence-electron chi connectivity index (χ1n) is 10.2. The zero-order valence-electron chi connectivity index (χ0n) is 18.3. The monoisotopic (exact) mass is 460 g/mol. The standard InChI is InChI=1S/C24H20N4O6/c1-31-14-7-3-5-12(9-14)10-16-23(30)33-21-18(20(25)29)17(13-6-4-8-15(11-13)32-2)19-22(28(16)21)34-24(26)27-19/h3-11,17H,1-2H3,(H2,25,29)(H2,26,27)/b16-10+. The van der Waals surface area contributed by atoms with Gasteiger partial charge in [-0.25, -0.2) is 9.36 Å². The molecule has 172 valence electrons. The van der Waals surface area contributed by atoms with Gasteiger partial charge in [0.25, 0.3) is 11.9 Å². The zero-order chi connectivity index (χ0) is 24.0. The SMILES string of the molecule is COc1cccc(/C=c2\c(=O)oc3n2-c2oc(N)nc2C(c2cccc(OC)c2)C=3C(N)=O)c1. The van der Waals surface area contributed by atoms with Crippen LogP contribution in [0.2, 0.25) is 0 Å². The van der Waals surface area contributed by atoms with Crippen molar-refractivity contribution in [2.24, 2.45) is 5.73 Å². The van der Waals surface area contributed by atoms with E-state index in [2.05, 4.69) is 4.98 Å². The normalized spacial score (nSPS) is 15.1. The van der Waals surface area contributed by atoms with Gasteiger partial charge in [-0.05, 0) is 41.5 Å². The number of fused-ring (bicyclic) bond motifs is 3. The number of nitrogen functional groups attached to an aromatic ring is 1. The molecule has 4 N–H and O–H groups in total. The summed E-state index contributed by atoms with van der Waals surface area (Å²) in [4.78, 5) is 30.0. The third-order valence-corrected chi connectivity index (χ3v) is 5.58. The van der Waals surface area contributed by atoms with Crippen molar-refractivity contribution in [1.82, 2.24) is 9.55 Å². The molecule has 5 rings (SSSR count). The Balaban J connectivity index is 1.87. The van der Waals surface area contributed by atoms with E-state index in [0.29, 0.717) is 28.3 Å².